The molecule has 5 fully saturated rings. The van der Waals surface area contributed by atoms with Gasteiger partial charge in [0.25, 0.3) is 0 Å². The largest absolute Gasteiger partial charge is 0.502 e. The van der Waals surface area contributed by atoms with Gasteiger partial charge in [0.1, 0.15) is 0 Å². The molecule has 0 heterocycles. The first-order valence-electron chi connectivity index (χ1n) is 9.16. The summed E-state index contributed by atoms with van der Waals surface area (Å²) in [5, 5.41) is 9.68. The van der Waals surface area contributed by atoms with Crippen molar-refractivity contribution in [2.24, 2.45) is 59.2 Å². The average Bonchev–Trinajstić information content (AvgIpc) is 3.24. The minimum absolute atomic E-state index is 0.450. The lowest BCUT2D eigenvalue weighted by Gasteiger charge is -2.44. The predicted molar refractivity (Wildman–Crippen MR) is 81.2 cm³/mol. The molecule has 5 aliphatic carbocycles. The van der Waals surface area contributed by atoms with Crippen LogP contribution in [0.5, 0.6) is 0 Å². The molecule has 0 spiro atoms. The van der Waals surface area contributed by atoms with Crippen molar-refractivity contribution >= 4 is 0 Å². The number of rotatable bonds is 4. The Morgan fingerprint density at radius 1 is 0.905 bits per heavy atom. The van der Waals surface area contributed by atoms with E-state index in [1.54, 1.807) is 6.26 Å². The summed E-state index contributed by atoms with van der Waals surface area (Å²) in [6.07, 6.45) is 8.75. The molecule has 1 N–H and O–H groups in total. The molecule has 2 heteroatoms. The van der Waals surface area contributed by atoms with Crippen LogP contribution < -0.4 is 0 Å². The third-order valence-electron chi connectivity index (χ3n) is 8.42. The number of hydrogen-bond donors (Lipinski definition) is 1. The van der Waals surface area contributed by atoms with Crippen LogP contribution in [0.4, 0.5) is 0 Å². The molecule has 0 saturated heterocycles. The summed E-state index contributed by atoms with van der Waals surface area (Å²) in [6, 6.07) is 0. The van der Waals surface area contributed by atoms with Crippen molar-refractivity contribution in [3.05, 3.63) is 12.8 Å². The topological polar surface area (TPSA) is 29.5 Å². The van der Waals surface area contributed by atoms with Gasteiger partial charge in [0.2, 0.25) is 0 Å². The van der Waals surface area contributed by atoms with Crippen LogP contribution in [-0.4, -0.2) is 18.3 Å². The summed E-state index contributed by atoms with van der Waals surface area (Å²) in [5.74, 6) is 9.26. The standard InChI is InChI=1S/C19H28O2/c1-2-21-9-10-3-4-13-15-7-16(17(10)13)18-11-5-12(8-20)14(6-11)19(15)18/h2,10-20H,1,3-9H2. The van der Waals surface area contributed by atoms with Gasteiger partial charge in [0.15, 0.2) is 0 Å². The maximum Gasteiger partial charge on any atom is 0.0903 e. The molecule has 0 aromatic rings. The Bertz CT molecular complexity index is 447. The second-order valence-corrected chi connectivity index (χ2v) is 8.63. The van der Waals surface area contributed by atoms with Crippen LogP contribution in [0.15, 0.2) is 12.8 Å². The highest BCUT2D eigenvalue weighted by Crippen LogP contribution is 2.74. The van der Waals surface area contributed by atoms with Gasteiger partial charge in [0.05, 0.1) is 12.9 Å². The van der Waals surface area contributed by atoms with Crippen molar-refractivity contribution < 1.29 is 9.84 Å². The van der Waals surface area contributed by atoms with E-state index in [-0.39, 0.29) is 0 Å². The number of ether oxygens (including phenoxy) is 1. The number of aliphatic hydroxyl groups excluding tert-OH is 1. The van der Waals surface area contributed by atoms with E-state index >= 15 is 0 Å². The Morgan fingerprint density at radius 2 is 1.81 bits per heavy atom. The molecule has 0 radical (unpaired) electrons. The Kier molecular flexibility index (Phi) is 2.78. The molecule has 5 rings (SSSR count). The summed E-state index contributed by atoms with van der Waals surface area (Å²) in [7, 11) is 0. The molecule has 10 atom stereocenters. The van der Waals surface area contributed by atoms with Crippen molar-refractivity contribution in [3.63, 3.8) is 0 Å². The van der Waals surface area contributed by atoms with Gasteiger partial charge in [-0.25, -0.2) is 0 Å². The lowest BCUT2D eigenvalue weighted by Crippen LogP contribution is -2.41. The minimum atomic E-state index is 0.450. The van der Waals surface area contributed by atoms with E-state index in [9.17, 15) is 5.11 Å². The van der Waals surface area contributed by atoms with E-state index in [0.29, 0.717) is 12.5 Å². The summed E-state index contributed by atoms with van der Waals surface area (Å²) < 4.78 is 5.57. The normalized spacial score (nSPS) is 59.3. The van der Waals surface area contributed by atoms with Gasteiger partial charge in [-0.05, 0) is 91.3 Å². The van der Waals surface area contributed by atoms with Crippen LogP contribution in [0, 0.1) is 59.2 Å². The zero-order chi connectivity index (χ0) is 14.1. The first-order valence-corrected chi connectivity index (χ1v) is 9.16. The van der Waals surface area contributed by atoms with Gasteiger partial charge in [-0.2, -0.15) is 0 Å². The third-order valence-corrected chi connectivity index (χ3v) is 8.42. The molecule has 5 aliphatic rings. The zero-order valence-electron chi connectivity index (χ0n) is 12.9. The van der Waals surface area contributed by atoms with E-state index < -0.39 is 0 Å². The van der Waals surface area contributed by atoms with E-state index in [1.807, 2.05) is 0 Å². The lowest BCUT2D eigenvalue weighted by molar-refractivity contribution is 0.0114. The highest BCUT2D eigenvalue weighted by Gasteiger charge is 2.68. The molecule has 2 nitrogen and oxygen atoms in total. The molecule has 0 amide bonds. The maximum absolute atomic E-state index is 9.68. The first-order chi connectivity index (χ1) is 10.3. The Labute approximate surface area is 127 Å². The van der Waals surface area contributed by atoms with Gasteiger partial charge in [-0.15, -0.1) is 0 Å². The summed E-state index contributed by atoms with van der Waals surface area (Å²) in [6.45, 7) is 5.08. The molecule has 116 valence electrons. The molecule has 5 saturated carbocycles. The van der Waals surface area contributed by atoms with Gasteiger partial charge < -0.3 is 9.84 Å². The van der Waals surface area contributed by atoms with Gasteiger partial charge in [0, 0.05) is 6.61 Å². The SMILES string of the molecule is C=COCC1CCC2C3CC(C12)C1C2CC(CO)C(C2)C31. The van der Waals surface area contributed by atoms with E-state index in [2.05, 4.69) is 6.58 Å². The fourth-order valence-electron chi connectivity index (χ4n) is 8.23. The molecular weight excluding hydrogens is 260 g/mol. The monoisotopic (exact) mass is 288 g/mol. The average molecular weight is 288 g/mol. The molecular formula is C19H28O2. The molecule has 0 aliphatic heterocycles. The van der Waals surface area contributed by atoms with Gasteiger partial charge >= 0.3 is 0 Å². The first kappa shape index (κ1) is 13.0. The van der Waals surface area contributed by atoms with Crippen molar-refractivity contribution in [2.45, 2.75) is 32.1 Å². The number of fused-ring (bicyclic) bond motifs is 12. The van der Waals surface area contributed by atoms with Gasteiger partial charge in [-0.1, -0.05) is 6.58 Å². The van der Waals surface area contributed by atoms with Crippen LogP contribution >= 0.6 is 0 Å². The van der Waals surface area contributed by atoms with Crippen molar-refractivity contribution in [2.75, 3.05) is 13.2 Å². The fourth-order valence-corrected chi connectivity index (χ4v) is 8.23. The molecule has 10 unspecified atom stereocenters. The molecule has 0 aromatic heterocycles. The van der Waals surface area contributed by atoms with Crippen molar-refractivity contribution in [1.29, 1.82) is 0 Å². The van der Waals surface area contributed by atoms with Crippen LogP contribution in [-0.2, 0) is 4.74 Å². The van der Waals surface area contributed by atoms with Crippen LogP contribution in [0.3, 0.4) is 0 Å². The maximum atomic E-state index is 9.68. The zero-order valence-corrected chi connectivity index (χ0v) is 12.9. The third kappa shape index (κ3) is 1.53. The summed E-state index contributed by atoms with van der Waals surface area (Å²) in [5.41, 5.74) is 0. The second kappa shape index (κ2) is 4.50. The van der Waals surface area contributed by atoms with E-state index in [4.69, 9.17) is 4.74 Å². The molecule has 21 heavy (non-hydrogen) atoms. The summed E-state index contributed by atoms with van der Waals surface area (Å²) in [4.78, 5) is 0. The fraction of sp³-hybridized carbons (Fsp3) is 0.895. The lowest BCUT2D eigenvalue weighted by atomic mass is 9.61. The van der Waals surface area contributed by atoms with Crippen LogP contribution in [0.2, 0.25) is 0 Å². The molecule has 0 aromatic carbocycles. The predicted octanol–water partition coefficient (Wildman–Crippen LogP) is 3.32. The Morgan fingerprint density at radius 3 is 2.62 bits per heavy atom. The highest BCUT2D eigenvalue weighted by molar-refractivity contribution is 5.16. The van der Waals surface area contributed by atoms with Crippen molar-refractivity contribution in [1.82, 2.24) is 0 Å². The van der Waals surface area contributed by atoms with E-state index in [0.717, 1.165) is 59.9 Å². The minimum Gasteiger partial charge on any atom is -0.502 e. The highest BCUT2D eigenvalue weighted by atomic mass is 16.5. The smallest absolute Gasteiger partial charge is 0.0903 e. The quantitative estimate of drug-likeness (QED) is 0.635. The van der Waals surface area contributed by atoms with E-state index in [1.165, 1.54) is 32.1 Å². The Hall–Kier alpha value is -0.500. The number of hydrogen-bond acceptors (Lipinski definition) is 2. The second-order valence-electron chi connectivity index (χ2n) is 8.63. The number of aliphatic hydroxyl groups is 1. The van der Waals surface area contributed by atoms with Crippen LogP contribution in [0.1, 0.15) is 32.1 Å². The van der Waals surface area contributed by atoms with Crippen molar-refractivity contribution in [3.8, 4) is 0 Å². The Balaban J connectivity index is 1.40. The van der Waals surface area contributed by atoms with Crippen LogP contribution in [0.25, 0.3) is 0 Å². The summed E-state index contributed by atoms with van der Waals surface area (Å²) >= 11 is 0. The van der Waals surface area contributed by atoms with Gasteiger partial charge in [-0.3, -0.25) is 0 Å². The molecule has 4 bridgehead atoms.